The minimum atomic E-state index is 0. The summed E-state index contributed by atoms with van der Waals surface area (Å²) in [5, 5.41) is 1.09. The molecule has 152 valence electrons. The van der Waals surface area contributed by atoms with E-state index in [1.165, 1.54) is 12.2 Å². The van der Waals surface area contributed by atoms with Crippen molar-refractivity contribution in [3.8, 4) is 11.3 Å². The molecule has 2 heterocycles. The van der Waals surface area contributed by atoms with E-state index < -0.39 is 0 Å². The van der Waals surface area contributed by atoms with Gasteiger partial charge in [-0.1, -0.05) is 51.3 Å². The fourth-order valence-electron chi connectivity index (χ4n) is 3.75. The zero-order valence-electron chi connectivity index (χ0n) is 15.7. The lowest BCUT2D eigenvalue weighted by Crippen LogP contribution is -2.40. The monoisotopic (exact) mass is 557 g/mol. The van der Waals surface area contributed by atoms with Crippen LogP contribution in [0, 0.1) is 0 Å². The highest BCUT2D eigenvalue weighted by atomic mass is 79.9. The number of ketones is 1. The molecule has 0 saturated carbocycles. The lowest BCUT2D eigenvalue weighted by Gasteiger charge is -2.04. The molecule has 0 aliphatic carbocycles. The van der Waals surface area contributed by atoms with Gasteiger partial charge in [-0.25, -0.2) is 9.13 Å². The lowest BCUT2D eigenvalue weighted by atomic mass is 10.1. The van der Waals surface area contributed by atoms with Crippen LogP contribution in [0.25, 0.3) is 11.3 Å². The molecule has 3 nitrogen and oxygen atoms in total. The normalized spacial score (nSPS) is 13.3. The van der Waals surface area contributed by atoms with Gasteiger partial charge in [0, 0.05) is 22.0 Å². The van der Waals surface area contributed by atoms with E-state index in [9.17, 15) is 4.79 Å². The summed E-state index contributed by atoms with van der Waals surface area (Å²) >= 11 is 15.8. The SMILES string of the molecule is Br.O=C(C[n+]1cc(-c2ccc(Cl)c(Cl)c2)n2c1CCCCC2)c1ccc(Br)cc1. The molecule has 0 N–H and O–H groups in total. The van der Waals surface area contributed by atoms with Crippen molar-refractivity contribution in [1.82, 2.24) is 4.57 Å². The Balaban J connectivity index is 0.00000240. The van der Waals surface area contributed by atoms with Gasteiger partial charge < -0.3 is 0 Å². The van der Waals surface area contributed by atoms with Crippen molar-refractivity contribution >= 4 is 61.9 Å². The Morgan fingerprint density at radius 1 is 1.03 bits per heavy atom. The van der Waals surface area contributed by atoms with Crippen molar-refractivity contribution in [1.29, 1.82) is 0 Å². The van der Waals surface area contributed by atoms with Crippen LogP contribution in [-0.2, 0) is 19.5 Å². The third kappa shape index (κ3) is 4.96. The Kier molecular flexibility index (Phi) is 7.60. The van der Waals surface area contributed by atoms with Crippen LogP contribution in [-0.4, -0.2) is 10.4 Å². The van der Waals surface area contributed by atoms with Crippen LogP contribution in [0.3, 0.4) is 0 Å². The largest absolute Gasteiger partial charge is 0.290 e. The molecule has 0 saturated heterocycles. The summed E-state index contributed by atoms with van der Waals surface area (Å²) in [5.41, 5.74) is 2.83. The highest BCUT2D eigenvalue weighted by Crippen LogP contribution is 2.30. The van der Waals surface area contributed by atoms with Gasteiger partial charge in [0.2, 0.25) is 5.78 Å². The summed E-state index contributed by atoms with van der Waals surface area (Å²) in [5.74, 6) is 1.31. The lowest BCUT2D eigenvalue weighted by molar-refractivity contribution is -0.690. The molecule has 29 heavy (non-hydrogen) atoms. The molecule has 0 bridgehead atoms. The van der Waals surface area contributed by atoms with Gasteiger partial charge in [0.25, 0.3) is 5.82 Å². The number of Topliss-reactive ketones (excluding diaryl/α,β-unsaturated/α-hetero) is 1. The molecule has 0 spiro atoms. The molecular formula is C22H21Br2Cl2N2O+. The van der Waals surface area contributed by atoms with Crippen LogP contribution in [0.2, 0.25) is 10.0 Å². The zero-order chi connectivity index (χ0) is 19.7. The van der Waals surface area contributed by atoms with Crippen LogP contribution in [0.5, 0.6) is 0 Å². The van der Waals surface area contributed by atoms with E-state index in [0.717, 1.165) is 47.1 Å². The third-order valence-electron chi connectivity index (χ3n) is 5.19. The first kappa shape index (κ1) is 22.5. The van der Waals surface area contributed by atoms with Crippen molar-refractivity contribution in [2.75, 3.05) is 0 Å². The molecule has 4 rings (SSSR count). The van der Waals surface area contributed by atoms with Crippen LogP contribution in [0.15, 0.2) is 53.1 Å². The summed E-state index contributed by atoms with van der Waals surface area (Å²) < 4.78 is 5.41. The van der Waals surface area contributed by atoms with E-state index in [4.69, 9.17) is 23.2 Å². The van der Waals surface area contributed by atoms with Crippen LogP contribution >= 0.6 is 56.1 Å². The van der Waals surface area contributed by atoms with Crippen molar-refractivity contribution in [3.05, 3.63) is 74.6 Å². The maximum Gasteiger partial charge on any atom is 0.257 e. The second kappa shape index (κ2) is 9.78. The number of fused-ring (bicyclic) bond motifs is 1. The second-order valence-electron chi connectivity index (χ2n) is 7.08. The molecule has 1 aliphatic heterocycles. The fraction of sp³-hybridized carbons (Fsp3) is 0.273. The summed E-state index contributed by atoms with van der Waals surface area (Å²) in [6, 6.07) is 13.2. The predicted molar refractivity (Wildman–Crippen MR) is 126 cm³/mol. The zero-order valence-corrected chi connectivity index (χ0v) is 20.5. The van der Waals surface area contributed by atoms with Crippen molar-refractivity contribution in [3.63, 3.8) is 0 Å². The average molecular weight is 560 g/mol. The highest BCUT2D eigenvalue weighted by Gasteiger charge is 2.27. The van der Waals surface area contributed by atoms with Crippen LogP contribution in [0.1, 0.15) is 35.4 Å². The second-order valence-corrected chi connectivity index (χ2v) is 8.81. The summed E-state index contributed by atoms with van der Waals surface area (Å²) in [7, 11) is 0. The number of carbonyl (C=O) groups excluding carboxylic acids is 1. The molecule has 1 aliphatic rings. The molecule has 0 unspecified atom stereocenters. The molecule has 1 aromatic heterocycles. The van der Waals surface area contributed by atoms with Gasteiger partial charge in [0.15, 0.2) is 12.2 Å². The molecule has 0 atom stereocenters. The van der Waals surface area contributed by atoms with Crippen LogP contribution < -0.4 is 4.57 Å². The van der Waals surface area contributed by atoms with E-state index >= 15 is 0 Å². The number of hydrogen-bond donors (Lipinski definition) is 0. The van der Waals surface area contributed by atoms with Gasteiger partial charge in [-0.15, -0.1) is 17.0 Å². The molecule has 2 aromatic carbocycles. The fourth-order valence-corrected chi connectivity index (χ4v) is 4.31. The summed E-state index contributed by atoms with van der Waals surface area (Å²) in [4.78, 5) is 12.9. The third-order valence-corrected chi connectivity index (χ3v) is 6.46. The predicted octanol–water partition coefficient (Wildman–Crippen LogP) is 6.70. The first-order valence-electron chi connectivity index (χ1n) is 9.39. The Hall–Kier alpha value is -1.14. The average Bonchev–Trinajstić information content (AvgIpc) is 2.86. The topological polar surface area (TPSA) is 25.9 Å². The molecule has 7 heteroatoms. The Bertz CT molecular complexity index is 1030. The Morgan fingerprint density at radius 3 is 2.52 bits per heavy atom. The summed E-state index contributed by atoms with van der Waals surface area (Å²) in [6.45, 7) is 1.28. The van der Waals surface area contributed by atoms with E-state index in [1.54, 1.807) is 0 Å². The first-order valence-corrected chi connectivity index (χ1v) is 10.9. The number of halogens is 4. The van der Waals surface area contributed by atoms with Crippen LogP contribution in [0.4, 0.5) is 0 Å². The molecule has 0 amide bonds. The molecular weight excluding hydrogens is 539 g/mol. The molecule has 0 radical (unpaired) electrons. The van der Waals surface area contributed by atoms with Gasteiger partial charge in [-0.05, 0) is 49.6 Å². The maximum atomic E-state index is 12.9. The first-order chi connectivity index (χ1) is 13.5. The molecule has 3 aromatic rings. The van der Waals surface area contributed by atoms with Gasteiger partial charge in [-0.3, -0.25) is 4.79 Å². The number of benzene rings is 2. The van der Waals surface area contributed by atoms with Gasteiger partial charge in [0.05, 0.1) is 16.6 Å². The minimum Gasteiger partial charge on any atom is -0.290 e. The number of nitrogens with zero attached hydrogens (tertiary/aromatic N) is 2. The van der Waals surface area contributed by atoms with E-state index in [2.05, 4.69) is 31.3 Å². The van der Waals surface area contributed by atoms with Gasteiger partial charge in [0.1, 0.15) is 6.20 Å². The summed E-state index contributed by atoms with van der Waals surface area (Å²) in [6.07, 6.45) is 6.52. The van der Waals surface area contributed by atoms with Crippen molar-refractivity contribution in [2.45, 2.75) is 38.8 Å². The van der Waals surface area contributed by atoms with Crippen molar-refractivity contribution in [2.24, 2.45) is 0 Å². The quantitative estimate of drug-likeness (QED) is 0.258. The standard InChI is InChI=1S/C22H20BrCl2N2O.BrH/c23-17-8-5-15(6-9-17)21(28)14-26-13-20(16-7-10-18(24)19(25)12-16)27-11-3-1-2-4-22(26)27;/h5-10,12-13H,1-4,11,14H2;1H/q+1;. The number of rotatable bonds is 4. The number of carbonyl (C=O) groups is 1. The van der Waals surface area contributed by atoms with Gasteiger partial charge >= 0.3 is 0 Å². The maximum absolute atomic E-state index is 12.9. The minimum absolute atomic E-state index is 0. The smallest absolute Gasteiger partial charge is 0.257 e. The highest BCUT2D eigenvalue weighted by molar-refractivity contribution is 9.10. The van der Waals surface area contributed by atoms with Crippen molar-refractivity contribution < 1.29 is 9.36 Å². The van der Waals surface area contributed by atoms with E-state index in [1.807, 2.05) is 42.5 Å². The number of hydrogen-bond acceptors (Lipinski definition) is 1. The number of aromatic nitrogens is 2. The Labute approximate surface area is 199 Å². The molecule has 0 fully saturated rings. The van der Waals surface area contributed by atoms with E-state index in [0.29, 0.717) is 16.6 Å². The van der Waals surface area contributed by atoms with Gasteiger partial charge in [-0.2, -0.15) is 0 Å². The number of imidazole rings is 1. The Morgan fingerprint density at radius 2 is 1.79 bits per heavy atom. The van der Waals surface area contributed by atoms with E-state index in [-0.39, 0.29) is 22.8 Å².